The Morgan fingerprint density at radius 3 is 2.59 bits per heavy atom. The maximum atomic E-state index is 11.9. The highest BCUT2D eigenvalue weighted by atomic mass is 32.1. The summed E-state index contributed by atoms with van der Waals surface area (Å²) in [5, 5.41) is 18.0. The lowest BCUT2D eigenvalue weighted by Gasteiger charge is -2.17. The second kappa shape index (κ2) is 13.4. The third-order valence-electron chi connectivity index (χ3n) is 5.21. The number of aliphatic hydroxyl groups is 1. The SMILES string of the molecule is CNC(=O)c1ccc([C@H](C)CNc2cc(-c3ccc(NCCCO)nc3)ncn2)c(OC)c1.S. The molecule has 2 heterocycles. The highest BCUT2D eigenvalue weighted by Crippen LogP contribution is 2.28. The van der Waals surface area contributed by atoms with Crippen LogP contribution in [0, 0.1) is 0 Å². The fourth-order valence-electron chi connectivity index (χ4n) is 3.33. The van der Waals surface area contributed by atoms with Crippen molar-refractivity contribution in [2.24, 2.45) is 0 Å². The van der Waals surface area contributed by atoms with Gasteiger partial charge in [-0.15, -0.1) is 0 Å². The molecule has 182 valence electrons. The number of pyridine rings is 1. The number of nitrogens with one attached hydrogen (secondary N) is 3. The van der Waals surface area contributed by atoms with Crippen LogP contribution >= 0.6 is 13.5 Å². The summed E-state index contributed by atoms with van der Waals surface area (Å²) in [6.45, 7) is 3.52. The van der Waals surface area contributed by atoms with Crippen molar-refractivity contribution in [1.29, 1.82) is 0 Å². The van der Waals surface area contributed by atoms with E-state index in [1.807, 2.05) is 24.3 Å². The molecular weight excluding hydrogens is 452 g/mol. The van der Waals surface area contributed by atoms with Gasteiger partial charge < -0.3 is 25.8 Å². The zero-order valence-corrected chi connectivity index (χ0v) is 20.6. The van der Waals surface area contributed by atoms with Crippen molar-refractivity contribution in [1.82, 2.24) is 20.3 Å². The van der Waals surface area contributed by atoms with E-state index in [0.717, 1.165) is 22.6 Å². The molecule has 0 saturated carbocycles. The third kappa shape index (κ3) is 7.06. The lowest BCUT2D eigenvalue weighted by atomic mass is 9.98. The Morgan fingerprint density at radius 1 is 1.09 bits per heavy atom. The quantitative estimate of drug-likeness (QED) is 0.307. The van der Waals surface area contributed by atoms with Gasteiger partial charge in [-0.2, -0.15) is 13.5 Å². The lowest BCUT2D eigenvalue weighted by molar-refractivity contribution is 0.0962. The van der Waals surface area contributed by atoms with Crippen LogP contribution in [0.5, 0.6) is 5.75 Å². The standard InChI is InChI=1S/C24H30N6O3.H2S/c1-16(19-7-5-17(24(32)25-2)11-21(19)33-3)13-27-23-12-20(29-15-30-23)18-6-8-22(28-14-18)26-9-4-10-31;/h5-8,11-12,14-16,31H,4,9-10,13H2,1-3H3,(H,25,32)(H,26,28)(H,27,29,30);1H2/t16-;/m1./s1. The summed E-state index contributed by atoms with van der Waals surface area (Å²) >= 11 is 0. The molecule has 10 heteroatoms. The largest absolute Gasteiger partial charge is 0.496 e. The summed E-state index contributed by atoms with van der Waals surface area (Å²) in [6, 6.07) is 11.2. The first kappa shape index (κ1) is 26.9. The van der Waals surface area contributed by atoms with Crippen molar-refractivity contribution in [2.45, 2.75) is 19.3 Å². The maximum absolute atomic E-state index is 11.9. The van der Waals surface area contributed by atoms with Crippen LogP contribution in [0.1, 0.15) is 35.2 Å². The van der Waals surface area contributed by atoms with Gasteiger partial charge in [0.2, 0.25) is 0 Å². The Hall–Kier alpha value is -3.37. The number of carbonyl (C=O) groups excluding carboxylic acids is 1. The fraction of sp³-hybridized carbons (Fsp3) is 0.333. The van der Waals surface area contributed by atoms with Crippen LogP contribution < -0.4 is 20.7 Å². The van der Waals surface area contributed by atoms with E-state index in [9.17, 15) is 4.79 Å². The predicted octanol–water partition coefficient (Wildman–Crippen LogP) is 3.03. The van der Waals surface area contributed by atoms with Gasteiger partial charge >= 0.3 is 0 Å². The Labute approximate surface area is 206 Å². The van der Waals surface area contributed by atoms with E-state index in [1.54, 1.807) is 32.5 Å². The first-order chi connectivity index (χ1) is 16.0. The molecule has 0 spiro atoms. The average molecular weight is 485 g/mol. The van der Waals surface area contributed by atoms with E-state index in [-0.39, 0.29) is 31.9 Å². The summed E-state index contributed by atoms with van der Waals surface area (Å²) in [4.78, 5) is 25.0. The van der Waals surface area contributed by atoms with E-state index < -0.39 is 0 Å². The highest BCUT2D eigenvalue weighted by Gasteiger charge is 2.15. The molecule has 3 rings (SSSR count). The highest BCUT2D eigenvalue weighted by molar-refractivity contribution is 7.59. The van der Waals surface area contributed by atoms with Crippen LogP contribution in [0.4, 0.5) is 11.6 Å². The Bertz CT molecular complexity index is 1060. The van der Waals surface area contributed by atoms with Crippen LogP contribution in [0.3, 0.4) is 0 Å². The van der Waals surface area contributed by atoms with E-state index in [2.05, 4.69) is 37.8 Å². The Morgan fingerprint density at radius 2 is 1.91 bits per heavy atom. The van der Waals surface area contributed by atoms with Crippen LogP contribution in [-0.4, -0.2) is 59.8 Å². The van der Waals surface area contributed by atoms with E-state index in [1.165, 1.54) is 6.33 Å². The molecule has 4 N–H and O–H groups in total. The van der Waals surface area contributed by atoms with Gasteiger partial charge in [0.15, 0.2) is 0 Å². The summed E-state index contributed by atoms with van der Waals surface area (Å²) in [5.41, 5.74) is 3.21. The van der Waals surface area contributed by atoms with Crippen molar-refractivity contribution >= 4 is 31.0 Å². The third-order valence-corrected chi connectivity index (χ3v) is 5.21. The molecule has 0 aliphatic rings. The van der Waals surface area contributed by atoms with Crippen LogP contribution in [0.2, 0.25) is 0 Å². The molecule has 0 bridgehead atoms. The second-order valence-electron chi connectivity index (χ2n) is 7.54. The normalized spacial score (nSPS) is 11.2. The molecular formula is C24H32N6O3S. The zero-order chi connectivity index (χ0) is 23.6. The Kier molecular flexibility index (Phi) is 10.6. The number of benzene rings is 1. The number of anilines is 2. The number of nitrogens with zero attached hydrogens (tertiary/aromatic N) is 3. The summed E-state index contributed by atoms with van der Waals surface area (Å²) in [5.74, 6) is 2.10. The van der Waals surface area contributed by atoms with Gasteiger partial charge in [0.1, 0.15) is 23.7 Å². The number of aromatic nitrogens is 3. The van der Waals surface area contributed by atoms with Gasteiger partial charge in [-0.3, -0.25) is 4.79 Å². The molecule has 2 aromatic heterocycles. The average Bonchev–Trinajstić information content (AvgIpc) is 2.87. The maximum Gasteiger partial charge on any atom is 0.251 e. The Balaban J connectivity index is 0.00000408. The molecule has 9 nitrogen and oxygen atoms in total. The minimum absolute atomic E-state index is 0. The minimum Gasteiger partial charge on any atom is -0.496 e. The smallest absolute Gasteiger partial charge is 0.251 e. The number of methoxy groups -OCH3 is 1. The van der Waals surface area contributed by atoms with Crippen LogP contribution in [0.25, 0.3) is 11.3 Å². The van der Waals surface area contributed by atoms with E-state index >= 15 is 0 Å². The molecule has 0 unspecified atom stereocenters. The molecule has 34 heavy (non-hydrogen) atoms. The van der Waals surface area contributed by atoms with E-state index in [4.69, 9.17) is 9.84 Å². The molecule has 1 aromatic carbocycles. The van der Waals surface area contributed by atoms with Crippen molar-refractivity contribution in [3.8, 4) is 17.0 Å². The van der Waals surface area contributed by atoms with Gasteiger partial charge in [-0.1, -0.05) is 13.0 Å². The first-order valence-electron chi connectivity index (χ1n) is 10.8. The number of carbonyl (C=O) groups is 1. The van der Waals surface area contributed by atoms with Crippen LogP contribution in [0.15, 0.2) is 48.9 Å². The molecule has 0 saturated heterocycles. The van der Waals surface area contributed by atoms with Gasteiger partial charge in [0.05, 0.1) is 12.8 Å². The van der Waals surface area contributed by atoms with Crippen LogP contribution in [-0.2, 0) is 0 Å². The molecule has 1 atom stereocenters. The van der Waals surface area contributed by atoms with Crippen molar-refractivity contribution in [3.63, 3.8) is 0 Å². The summed E-state index contributed by atoms with van der Waals surface area (Å²) in [6.07, 6.45) is 3.95. The minimum atomic E-state index is -0.150. The zero-order valence-electron chi connectivity index (χ0n) is 19.6. The second-order valence-corrected chi connectivity index (χ2v) is 7.54. The fourth-order valence-corrected chi connectivity index (χ4v) is 3.33. The molecule has 0 aliphatic carbocycles. The van der Waals surface area contributed by atoms with Gasteiger partial charge in [-0.25, -0.2) is 15.0 Å². The first-order valence-corrected chi connectivity index (χ1v) is 10.8. The summed E-state index contributed by atoms with van der Waals surface area (Å²) in [7, 11) is 3.20. The monoisotopic (exact) mass is 484 g/mol. The van der Waals surface area contributed by atoms with Gasteiger partial charge in [0, 0.05) is 56.1 Å². The predicted molar refractivity (Wildman–Crippen MR) is 139 cm³/mol. The molecule has 0 radical (unpaired) electrons. The summed E-state index contributed by atoms with van der Waals surface area (Å²) < 4.78 is 5.51. The topological polar surface area (TPSA) is 121 Å². The molecule has 0 aliphatic heterocycles. The number of aliphatic hydroxyl groups excluding tert-OH is 1. The van der Waals surface area contributed by atoms with Gasteiger partial charge in [0.25, 0.3) is 5.91 Å². The number of hydrogen-bond acceptors (Lipinski definition) is 8. The lowest BCUT2D eigenvalue weighted by Crippen LogP contribution is -2.18. The number of amides is 1. The molecule has 0 fully saturated rings. The van der Waals surface area contributed by atoms with Crippen molar-refractivity contribution in [2.75, 3.05) is 44.5 Å². The molecule has 3 aromatic rings. The number of ether oxygens (including phenoxy) is 1. The number of hydrogen-bond donors (Lipinski definition) is 4. The van der Waals surface area contributed by atoms with Crippen molar-refractivity contribution in [3.05, 3.63) is 60.0 Å². The number of rotatable bonds is 11. The van der Waals surface area contributed by atoms with Crippen molar-refractivity contribution < 1.29 is 14.6 Å². The van der Waals surface area contributed by atoms with E-state index in [0.29, 0.717) is 36.6 Å². The molecule has 1 amide bonds. The van der Waals surface area contributed by atoms with Gasteiger partial charge in [-0.05, 0) is 36.2 Å².